The van der Waals surface area contributed by atoms with Crippen LogP contribution in [0.15, 0.2) is 24.3 Å². The monoisotopic (exact) mass is 273 g/mol. The van der Waals surface area contributed by atoms with Crippen molar-refractivity contribution < 1.29 is 18.3 Å². The van der Waals surface area contributed by atoms with Crippen molar-refractivity contribution in [3.8, 4) is 0 Å². The van der Waals surface area contributed by atoms with Gasteiger partial charge in [0.05, 0.1) is 11.7 Å². The van der Waals surface area contributed by atoms with Gasteiger partial charge in [0, 0.05) is 12.2 Å². The topological polar surface area (TPSA) is 32.3 Å². The minimum absolute atomic E-state index is 0.120. The molecule has 0 bridgehead atoms. The van der Waals surface area contributed by atoms with E-state index in [1.165, 1.54) is 12.1 Å². The fourth-order valence-corrected chi connectivity index (χ4v) is 2.59. The van der Waals surface area contributed by atoms with Crippen LogP contribution in [0.5, 0.6) is 0 Å². The summed E-state index contributed by atoms with van der Waals surface area (Å²) < 4.78 is 38.4. The van der Waals surface area contributed by atoms with Crippen LogP contribution in [-0.4, -0.2) is 17.8 Å². The summed E-state index contributed by atoms with van der Waals surface area (Å²) in [6.45, 7) is 0.476. The molecule has 0 heterocycles. The van der Waals surface area contributed by atoms with Crippen molar-refractivity contribution >= 4 is 5.69 Å². The van der Waals surface area contributed by atoms with Crippen molar-refractivity contribution in [2.75, 3.05) is 11.9 Å². The number of para-hydroxylation sites is 1. The standard InChI is InChI=1S/C14H18F3NO/c15-14(16,17)12-6-1-2-7-13(12)18-9-10-4-3-5-11(19)8-10/h1-2,6-7,10-11,18-19H,3-5,8-9H2. The Kier molecular flexibility index (Phi) is 4.34. The Morgan fingerprint density at radius 3 is 2.63 bits per heavy atom. The van der Waals surface area contributed by atoms with Gasteiger partial charge < -0.3 is 10.4 Å². The highest BCUT2D eigenvalue weighted by molar-refractivity contribution is 5.52. The van der Waals surface area contributed by atoms with E-state index >= 15 is 0 Å². The lowest BCUT2D eigenvalue weighted by Crippen LogP contribution is -2.25. The maximum absolute atomic E-state index is 12.8. The number of anilines is 1. The zero-order valence-corrected chi connectivity index (χ0v) is 10.6. The summed E-state index contributed by atoms with van der Waals surface area (Å²) in [4.78, 5) is 0. The number of aliphatic hydroxyl groups excluding tert-OH is 1. The molecule has 5 heteroatoms. The lowest BCUT2D eigenvalue weighted by Gasteiger charge is -2.26. The Morgan fingerprint density at radius 2 is 1.95 bits per heavy atom. The summed E-state index contributed by atoms with van der Waals surface area (Å²) in [6, 6.07) is 5.51. The minimum Gasteiger partial charge on any atom is -0.393 e. The molecule has 19 heavy (non-hydrogen) atoms. The maximum atomic E-state index is 12.8. The Morgan fingerprint density at radius 1 is 1.21 bits per heavy atom. The first-order valence-corrected chi connectivity index (χ1v) is 6.55. The molecule has 2 nitrogen and oxygen atoms in total. The SMILES string of the molecule is OC1CCCC(CNc2ccccc2C(F)(F)F)C1. The lowest BCUT2D eigenvalue weighted by atomic mass is 9.87. The smallest absolute Gasteiger partial charge is 0.393 e. The Hall–Kier alpha value is -1.23. The molecule has 0 aliphatic heterocycles. The minimum atomic E-state index is -4.34. The number of hydrogen-bond acceptors (Lipinski definition) is 2. The molecule has 2 atom stereocenters. The Bertz CT molecular complexity index is 419. The van der Waals surface area contributed by atoms with Crippen LogP contribution in [0.4, 0.5) is 18.9 Å². The van der Waals surface area contributed by atoms with E-state index in [0.717, 1.165) is 25.3 Å². The van der Waals surface area contributed by atoms with Gasteiger partial charge in [-0.15, -0.1) is 0 Å². The molecule has 1 aliphatic rings. The fraction of sp³-hybridized carbons (Fsp3) is 0.571. The van der Waals surface area contributed by atoms with Crippen LogP contribution in [0, 0.1) is 5.92 Å². The highest BCUT2D eigenvalue weighted by Crippen LogP contribution is 2.35. The zero-order chi connectivity index (χ0) is 13.9. The molecule has 0 amide bonds. The van der Waals surface area contributed by atoms with Gasteiger partial charge in [0.15, 0.2) is 0 Å². The molecule has 0 saturated heterocycles. The molecule has 2 N–H and O–H groups in total. The second kappa shape index (κ2) is 5.82. The molecule has 0 aromatic heterocycles. The van der Waals surface area contributed by atoms with Gasteiger partial charge in [-0.25, -0.2) is 0 Å². The van der Waals surface area contributed by atoms with E-state index in [0.29, 0.717) is 13.0 Å². The molecule has 2 unspecified atom stereocenters. The third kappa shape index (κ3) is 3.86. The normalized spacial score (nSPS) is 24.2. The summed E-state index contributed by atoms with van der Waals surface area (Å²) in [7, 11) is 0. The molecule has 106 valence electrons. The van der Waals surface area contributed by atoms with Crippen molar-refractivity contribution in [2.45, 2.75) is 38.0 Å². The predicted molar refractivity (Wildman–Crippen MR) is 67.9 cm³/mol. The van der Waals surface area contributed by atoms with E-state index in [9.17, 15) is 18.3 Å². The van der Waals surface area contributed by atoms with Crippen LogP contribution in [0.2, 0.25) is 0 Å². The van der Waals surface area contributed by atoms with Gasteiger partial charge in [-0.2, -0.15) is 13.2 Å². The van der Waals surface area contributed by atoms with Crippen LogP contribution in [0.3, 0.4) is 0 Å². The number of benzene rings is 1. The summed E-state index contributed by atoms with van der Waals surface area (Å²) in [5.74, 6) is 0.241. The third-order valence-corrected chi connectivity index (χ3v) is 3.57. The quantitative estimate of drug-likeness (QED) is 0.880. The predicted octanol–water partition coefficient (Wildman–Crippen LogP) is 3.67. The molecule has 0 radical (unpaired) electrons. The molecule has 1 saturated carbocycles. The first-order chi connectivity index (χ1) is 8.97. The highest BCUT2D eigenvalue weighted by atomic mass is 19.4. The second-order valence-electron chi connectivity index (χ2n) is 5.11. The van der Waals surface area contributed by atoms with E-state index in [4.69, 9.17) is 0 Å². The van der Waals surface area contributed by atoms with E-state index in [1.54, 1.807) is 6.07 Å². The van der Waals surface area contributed by atoms with Crippen LogP contribution in [0.25, 0.3) is 0 Å². The molecule has 1 aromatic rings. The van der Waals surface area contributed by atoms with Crippen LogP contribution in [-0.2, 0) is 6.18 Å². The van der Waals surface area contributed by atoms with Crippen molar-refractivity contribution in [1.29, 1.82) is 0 Å². The maximum Gasteiger partial charge on any atom is 0.418 e. The molecule has 1 aliphatic carbocycles. The lowest BCUT2D eigenvalue weighted by molar-refractivity contribution is -0.137. The highest BCUT2D eigenvalue weighted by Gasteiger charge is 2.33. The number of halogens is 3. The van der Waals surface area contributed by atoms with Gasteiger partial charge in [0.25, 0.3) is 0 Å². The van der Waals surface area contributed by atoms with E-state index in [1.807, 2.05) is 0 Å². The molecular weight excluding hydrogens is 255 g/mol. The molecule has 0 spiro atoms. The number of nitrogens with one attached hydrogen (secondary N) is 1. The van der Waals surface area contributed by atoms with Crippen LogP contribution >= 0.6 is 0 Å². The van der Waals surface area contributed by atoms with Crippen molar-refractivity contribution in [3.63, 3.8) is 0 Å². The van der Waals surface area contributed by atoms with Crippen LogP contribution < -0.4 is 5.32 Å². The summed E-state index contributed by atoms with van der Waals surface area (Å²) in [6.07, 6.45) is -1.28. The van der Waals surface area contributed by atoms with Gasteiger partial charge in [-0.1, -0.05) is 18.6 Å². The van der Waals surface area contributed by atoms with Crippen molar-refractivity contribution in [3.05, 3.63) is 29.8 Å². The number of rotatable bonds is 3. The average Bonchev–Trinajstić information content (AvgIpc) is 2.36. The van der Waals surface area contributed by atoms with Crippen molar-refractivity contribution in [1.82, 2.24) is 0 Å². The van der Waals surface area contributed by atoms with Crippen LogP contribution in [0.1, 0.15) is 31.2 Å². The second-order valence-corrected chi connectivity index (χ2v) is 5.11. The molecule has 1 fully saturated rings. The number of alkyl halides is 3. The first-order valence-electron chi connectivity index (χ1n) is 6.55. The molecule has 2 rings (SSSR count). The van der Waals surface area contributed by atoms with E-state index in [2.05, 4.69) is 5.32 Å². The van der Waals surface area contributed by atoms with E-state index in [-0.39, 0.29) is 17.7 Å². The third-order valence-electron chi connectivity index (χ3n) is 3.57. The summed E-state index contributed by atoms with van der Waals surface area (Å²) in [5, 5.41) is 12.4. The van der Waals surface area contributed by atoms with E-state index < -0.39 is 11.7 Å². The molecular formula is C14H18F3NO. The number of aliphatic hydroxyl groups is 1. The van der Waals surface area contributed by atoms with Gasteiger partial charge in [-0.3, -0.25) is 0 Å². The largest absolute Gasteiger partial charge is 0.418 e. The average molecular weight is 273 g/mol. The summed E-state index contributed by atoms with van der Waals surface area (Å²) in [5.41, 5.74) is -0.513. The van der Waals surface area contributed by atoms with Gasteiger partial charge in [-0.05, 0) is 37.3 Å². The summed E-state index contributed by atoms with van der Waals surface area (Å²) >= 11 is 0. The Balaban J connectivity index is 1.99. The number of hydrogen-bond donors (Lipinski definition) is 2. The fourth-order valence-electron chi connectivity index (χ4n) is 2.59. The first kappa shape index (κ1) is 14.2. The Labute approximate surface area is 110 Å². The molecule has 1 aromatic carbocycles. The van der Waals surface area contributed by atoms with Crippen molar-refractivity contribution in [2.24, 2.45) is 5.92 Å². The zero-order valence-electron chi connectivity index (χ0n) is 10.6. The van der Waals surface area contributed by atoms with Gasteiger partial charge in [0.1, 0.15) is 0 Å². The van der Waals surface area contributed by atoms with Gasteiger partial charge in [0.2, 0.25) is 0 Å². The van der Waals surface area contributed by atoms with Gasteiger partial charge >= 0.3 is 6.18 Å².